The van der Waals surface area contributed by atoms with Gasteiger partial charge in [-0.3, -0.25) is 9.69 Å². The van der Waals surface area contributed by atoms with Crippen LogP contribution in [0.15, 0.2) is 6.20 Å². The van der Waals surface area contributed by atoms with Crippen LogP contribution in [-0.4, -0.2) is 27.3 Å². The molecule has 2 rings (SSSR count). The zero-order valence-electron chi connectivity index (χ0n) is 9.60. The van der Waals surface area contributed by atoms with Gasteiger partial charge in [0.25, 0.3) is 5.91 Å². The molecule has 1 aliphatic heterocycles. The molecule has 0 saturated heterocycles. The maximum Gasteiger partial charge on any atom is 0.286 e. The van der Waals surface area contributed by atoms with Gasteiger partial charge in [-0.25, -0.2) is 9.97 Å². The van der Waals surface area contributed by atoms with Crippen LogP contribution in [0.2, 0.25) is 0 Å². The number of nitrogens with two attached hydrogens (primary N) is 1. The third kappa shape index (κ3) is 2.19. The highest BCUT2D eigenvalue weighted by molar-refractivity contribution is 5.88. The first-order chi connectivity index (χ1) is 7.56. The van der Waals surface area contributed by atoms with E-state index in [1.54, 1.807) is 6.20 Å². The van der Waals surface area contributed by atoms with E-state index < -0.39 is 5.91 Å². The van der Waals surface area contributed by atoms with Crippen LogP contribution in [0.3, 0.4) is 0 Å². The number of hydrogen-bond donors (Lipinski definition) is 1. The summed E-state index contributed by atoms with van der Waals surface area (Å²) >= 11 is 0. The number of amides is 1. The van der Waals surface area contributed by atoms with Crippen molar-refractivity contribution < 1.29 is 4.79 Å². The molecular weight excluding hydrogens is 204 g/mol. The minimum atomic E-state index is -0.565. The zero-order chi connectivity index (χ0) is 11.7. The van der Waals surface area contributed by atoms with Crippen LogP contribution in [0.1, 0.15) is 35.7 Å². The minimum Gasteiger partial charge on any atom is -0.363 e. The van der Waals surface area contributed by atoms with Gasteiger partial charge in [0.2, 0.25) is 5.82 Å². The molecule has 2 heterocycles. The van der Waals surface area contributed by atoms with Crippen molar-refractivity contribution in [1.82, 2.24) is 14.9 Å². The Morgan fingerprint density at radius 1 is 1.56 bits per heavy atom. The summed E-state index contributed by atoms with van der Waals surface area (Å²) in [5, 5.41) is 0. The normalized spacial score (nSPS) is 15.4. The van der Waals surface area contributed by atoms with Crippen LogP contribution in [0.5, 0.6) is 0 Å². The van der Waals surface area contributed by atoms with Gasteiger partial charge in [-0.1, -0.05) is 13.8 Å². The van der Waals surface area contributed by atoms with Crippen molar-refractivity contribution in [1.29, 1.82) is 0 Å². The summed E-state index contributed by atoms with van der Waals surface area (Å²) in [6.45, 7) is 7.05. The van der Waals surface area contributed by atoms with Gasteiger partial charge < -0.3 is 5.73 Å². The van der Waals surface area contributed by atoms with Gasteiger partial charge in [0.05, 0.1) is 5.69 Å². The predicted octanol–water partition coefficient (Wildman–Crippen LogP) is 0.547. The lowest BCUT2D eigenvalue weighted by Gasteiger charge is -2.16. The maximum atomic E-state index is 10.9. The van der Waals surface area contributed by atoms with E-state index in [2.05, 4.69) is 28.7 Å². The molecule has 1 aliphatic rings. The highest BCUT2D eigenvalue weighted by atomic mass is 16.1. The summed E-state index contributed by atoms with van der Waals surface area (Å²) in [7, 11) is 0. The van der Waals surface area contributed by atoms with Crippen LogP contribution < -0.4 is 5.73 Å². The monoisotopic (exact) mass is 220 g/mol. The fourth-order valence-electron chi connectivity index (χ4n) is 1.98. The molecule has 16 heavy (non-hydrogen) atoms. The van der Waals surface area contributed by atoms with E-state index in [9.17, 15) is 4.79 Å². The van der Waals surface area contributed by atoms with Crippen molar-refractivity contribution in [3.05, 3.63) is 23.3 Å². The summed E-state index contributed by atoms with van der Waals surface area (Å²) in [6, 6.07) is 0. The molecule has 1 aromatic rings. The second kappa shape index (κ2) is 4.17. The number of rotatable bonds is 3. The summed E-state index contributed by atoms with van der Waals surface area (Å²) in [6.07, 6.45) is 1.71. The summed E-state index contributed by atoms with van der Waals surface area (Å²) in [5.74, 6) is 0.174. The van der Waals surface area contributed by atoms with Crippen molar-refractivity contribution in [2.75, 3.05) is 6.54 Å². The number of primary amides is 1. The van der Waals surface area contributed by atoms with E-state index in [0.29, 0.717) is 5.92 Å². The van der Waals surface area contributed by atoms with E-state index in [1.165, 1.54) is 0 Å². The Kier molecular flexibility index (Phi) is 2.87. The molecule has 2 N–H and O–H groups in total. The largest absolute Gasteiger partial charge is 0.363 e. The summed E-state index contributed by atoms with van der Waals surface area (Å²) in [5.41, 5.74) is 7.18. The maximum absolute atomic E-state index is 10.9. The van der Waals surface area contributed by atoms with Gasteiger partial charge in [0, 0.05) is 31.4 Å². The number of nitrogens with zero attached hydrogens (tertiary/aromatic N) is 3. The molecule has 1 aromatic heterocycles. The van der Waals surface area contributed by atoms with Crippen molar-refractivity contribution in [3.63, 3.8) is 0 Å². The van der Waals surface area contributed by atoms with Gasteiger partial charge in [0.1, 0.15) is 0 Å². The topological polar surface area (TPSA) is 72.1 Å². The van der Waals surface area contributed by atoms with Crippen molar-refractivity contribution in [2.45, 2.75) is 26.9 Å². The Balaban J connectivity index is 2.15. The minimum absolute atomic E-state index is 0.116. The molecule has 0 radical (unpaired) electrons. The first-order valence-electron chi connectivity index (χ1n) is 5.43. The second-order valence-electron chi connectivity index (χ2n) is 4.59. The molecule has 0 atom stereocenters. The lowest BCUT2D eigenvalue weighted by molar-refractivity contribution is 0.0990. The Hall–Kier alpha value is -1.49. The Labute approximate surface area is 94.7 Å². The van der Waals surface area contributed by atoms with E-state index >= 15 is 0 Å². The first kappa shape index (κ1) is 11.0. The molecule has 0 aromatic carbocycles. The molecule has 0 aliphatic carbocycles. The second-order valence-corrected chi connectivity index (χ2v) is 4.59. The molecule has 86 valence electrons. The quantitative estimate of drug-likeness (QED) is 0.807. The average molecular weight is 220 g/mol. The molecule has 0 bridgehead atoms. The van der Waals surface area contributed by atoms with Crippen LogP contribution in [-0.2, 0) is 13.1 Å². The molecule has 1 amide bonds. The Bertz CT molecular complexity index is 416. The SMILES string of the molecule is CC(C)CN1Cc2cnc(C(N)=O)nc2C1. The smallest absolute Gasteiger partial charge is 0.286 e. The van der Waals surface area contributed by atoms with E-state index in [0.717, 1.165) is 30.9 Å². The number of carbonyl (C=O) groups excluding carboxylic acids is 1. The van der Waals surface area contributed by atoms with Crippen LogP contribution in [0.25, 0.3) is 0 Å². The van der Waals surface area contributed by atoms with Crippen LogP contribution >= 0.6 is 0 Å². The van der Waals surface area contributed by atoms with Crippen LogP contribution in [0.4, 0.5) is 0 Å². The van der Waals surface area contributed by atoms with Crippen LogP contribution in [0, 0.1) is 5.92 Å². The van der Waals surface area contributed by atoms with Crippen molar-refractivity contribution in [3.8, 4) is 0 Å². The summed E-state index contributed by atoms with van der Waals surface area (Å²) < 4.78 is 0. The van der Waals surface area contributed by atoms with Crippen molar-refractivity contribution >= 4 is 5.91 Å². The lowest BCUT2D eigenvalue weighted by atomic mass is 10.2. The van der Waals surface area contributed by atoms with Crippen molar-refractivity contribution in [2.24, 2.45) is 11.7 Å². The van der Waals surface area contributed by atoms with E-state index in [-0.39, 0.29) is 5.82 Å². The standard InChI is InChI=1S/C11H16N4O/c1-7(2)4-15-5-8-3-13-11(10(12)16)14-9(8)6-15/h3,7H,4-6H2,1-2H3,(H2,12,16). The van der Waals surface area contributed by atoms with Gasteiger partial charge in [-0.2, -0.15) is 0 Å². The van der Waals surface area contributed by atoms with Gasteiger partial charge in [-0.15, -0.1) is 0 Å². The number of aromatic nitrogens is 2. The Morgan fingerprint density at radius 3 is 2.94 bits per heavy atom. The number of fused-ring (bicyclic) bond motifs is 1. The highest BCUT2D eigenvalue weighted by Crippen LogP contribution is 2.20. The molecule has 5 nitrogen and oxygen atoms in total. The average Bonchev–Trinajstić information content (AvgIpc) is 2.56. The molecule has 0 saturated carbocycles. The number of carbonyl (C=O) groups is 1. The molecular formula is C11H16N4O. The lowest BCUT2D eigenvalue weighted by Crippen LogP contribution is -2.21. The van der Waals surface area contributed by atoms with E-state index in [1.807, 2.05) is 0 Å². The fourth-order valence-corrected chi connectivity index (χ4v) is 1.98. The molecule has 0 unspecified atom stereocenters. The zero-order valence-corrected chi connectivity index (χ0v) is 9.60. The first-order valence-corrected chi connectivity index (χ1v) is 5.43. The fraction of sp³-hybridized carbons (Fsp3) is 0.545. The third-order valence-electron chi connectivity index (χ3n) is 2.57. The third-order valence-corrected chi connectivity index (χ3v) is 2.57. The van der Waals surface area contributed by atoms with Gasteiger partial charge >= 0.3 is 0 Å². The Morgan fingerprint density at radius 2 is 2.31 bits per heavy atom. The molecule has 0 spiro atoms. The van der Waals surface area contributed by atoms with Gasteiger partial charge in [-0.05, 0) is 5.92 Å². The highest BCUT2D eigenvalue weighted by Gasteiger charge is 2.22. The van der Waals surface area contributed by atoms with E-state index in [4.69, 9.17) is 5.73 Å². The van der Waals surface area contributed by atoms with Gasteiger partial charge in [0.15, 0.2) is 0 Å². The summed E-state index contributed by atoms with van der Waals surface area (Å²) in [4.78, 5) is 21.4. The molecule has 0 fully saturated rings. The molecule has 5 heteroatoms. The predicted molar refractivity (Wildman–Crippen MR) is 59.5 cm³/mol. The number of hydrogen-bond acceptors (Lipinski definition) is 4.